The zero-order valence-electron chi connectivity index (χ0n) is 20.1. The van der Waals surface area contributed by atoms with Crippen molar-refractivity contribution in [1.29, 1.82) is 0 Å². The minimum Gasteiger partial charge on any atom is -0.550 e. The van der Waals surface area contributed by atoms with Crippen LogP contribution in [0, 0.1) is 5.92 Å². The minimum atomic E-state index is -1.31. The van der Waals surface area contributed by atoms with Gasteiger partial charge in [-0.3, -0.25) is 0 Å². The van der Waals surface area contributed by atoms with Crippen LogP contribution < -0.4 is 113 Å². The van der Waals surface area contributed by atoms with Gasteiger partial charge in [-0.1, -0.05) is 102 Å². The maximum Gasteiger partial charge on any atom is 1.00 e. The quantitative estimate of drug-likeness (QED) is 0.118. The van der Waals surface area contributed by atoms with Crippen molar-refractivity contribution in [2.24, 2.45) is 5.92 Å². The maximum atomic E-state index is 10.8. The second-order valence-electron chi connectivity index (χ2n) is 8.04. The van der Waals surface area contributed by atoms with Gasteiger partial charge in [0.1, 0.15) is 0 Å². The number of unbranched alkanes of at least 4 members (excludes halogenated alkanes) is 15. The Hall–Kier alpha value is 1.95. The fourth-order valence-electron chi connectivity index (χ4n) is 3.62. The molecule has 0 heterocycles. The zero-order valence-corrected chi connectivity index (χ0v) is 26.3. The van der Waals surface area contributed by atoms with Gasteiger partial charge < -0.3 is 19.8 Å². The summed E-state index contributed by atoms with van der Waals surface area (Å²) in [6.07, 6.45) is 24.4. The van der Waals surface area contributed by atoms with Gasteiger partial charge in [0.2, 0.25) is 0 Å². The first kappa shape index (κ1) is 36.5. The molecule has 0 aliphatic heterocycles. The third kappa shape index (κ3) is 28.0. The molecule has 0 amide bonds. The van der Waals surface area contributed by atoms with E-state index in [0.29, 0.717) is 6.42 Å². The number of carbonyl (C=O) groups is 2. The molecule has 0 saturated carbocycles. The summed E-state index contributed by atoms with van der Waals surface area (Å²) < 4.78 is 0. The Bertz CT molecular complexity index is 414. The van der Waals surface area contributed by atoms with Crippen molar-refractivity contribution in [3.8, 4) is 0 Å². The summed E-state index contributed by atoms with van der Waals surface area (Å²) in [5, 5.41) is 21.3. The molecule has 0 aliphatic rings. The van der Waals surface area contributed by atoms with Crippen LogP contribution in [0.15, 0.2) is 12.2 Å². The molecule has 0 fully saturated rings. The van der Waals surface area contributed by atoms with E-state index in [1.165, 1.54) is 83.5 Å². The molecule has 0 aromatic rings. The molecule has 0 saturated heterocycles. The molecule has 1 unspecified atom stereocenters. The largest absolute Gasteiger partial charge is 1.00 e. The fraction of sp³-hybridized carbons (Fsp3) is 0.833. The average molecular weight is 473 g/mol. The van der Waals surface area contributed by atoms with E-state index in [1.807, 2.05) is 0 Å². The van der Waals surface area contributed by atoms with E-state index < -0.39 is 24.3 Å². The van der Waals surface area contributed by atoms with Gasteiger partial charge in [-0.15, -0.1) is 0 Å². The topological polar surface area (TPSA) is 80.3 Å². The fourth-order valence-corrected chi connectivity index (χ4v) is 3.62. The smallest absolute Gasteiger partial charge is 0.550 e. The van der Waals surface area contributed by atoms with Gasteiger partial charge in [-0.2, -0.15) is 0 Å². The van der Waals surface area contributed by atoms with E-state index in [2.05, 4.69) is 19.1 Å². The van der Waals surface area contributed by atoms with E-state index in [9.17, 15) is 19.8 Å². The molecule has 6 heteroatoms. The monoisotopic (exact) mass is 472 g/mol. The standard InChI is InChI=1S/C24H44O4.2K/c1-2-3-4-5-6-7-8-9-10-11-12-13-14-15-16-17-18-19-20-22(24(27)28)21-23(25)26;;/h2-3,22H,4-21H2,1H3,(H,25,26)(H,27,28);;/q;2*+1/p-2/b3-2+;;. The third-order valence-corrected chi connectivity index (χ3v) is 5.41. The van der Waals surface area contributed by atoms with Crippen LogP contribution >= 0.6 is 0 Å². The molecule has 30 heavy (non-hydrogen) atoms. The zero-order chi connectivity index (χ0) is 20.9. The van der Waals surface area contributed by atoms with Crippen molar-refractivity contribution < 1.29 is 123 Å². The van der Waals surface area contributed by atoms with Crippen LogP contribution in [0.3, 0.4) is 0 Å². The predicted octanol–water partition coefficient (Wildman–Crippen LogP) is -1.29. The number of hydrogen-bond acceptors (Lipinski definition) is 4. The van der Waals surface area contributed by atoms with Crippen molar-refractivity contribution in [3.63, 3.8) is 0 Å². The Kier molecular flexibility index (Phi) is 35.3. The summed E-state index contributed by atoms with van der Waals surface area (Å²) in [7, 11) is 0. The van der Waals surface area contributed by atoms with Crippen LogP contribution in [0.2, 0.25) is 0 Å². The predicted molar refractivity (Wildman–Crippen MR) is 111 cm³/mol. The second-order valence-corrected chi connectivity index (χ2v) is 8.04. The van der Waals surface area contributed by atoms with Gasteiger partial charge in [0, 0.05) is 17.9 Å². The molecule has 0 aliphatic carbocycles. The van der Waals surface area contributed by atoms with Crippen LogP contribution in [0.25, 0.3) is 0 Å². The Morgan fingerprint density at radius 2 is 1.03 bits per heavy atom. The van der Waals surface area contributed by atoms with Crippen LogP contribution in [0.5, 0.6) is 0 Å². The molecule has 0 N–H and O–H groups in total. The number of rotatable bonds is 21. The van der Waals surface area contributed by atoms with Crippen molar-refractivity contribution in [3.05, 3.63) is 12.2 Å². The molecule has 0 aromatic carbocycles. The summed E-state index contributed by atoms with van der Waals surface area (Å²) in [6, 6.07) is 0. The first-order valence-electron chi connectivity index (χ1n) is 11.6. The summed E-state index contributed by atoms with van der Waals surface area (Å²) in [5.74, 6) is -3.48. The molecule has 4 nitrogen and oxygen atoms in total. The summed E-state index contributed by atoms with van der Waals surface area (Å²) >= 11 is 0. The summed E-state index contributed by atoms with van der Waals surface area (Å²) in [5.41, 5.74) is 0. The number of carboxylic acids is 2. The van der Waals surface area contributed by atoms with Gasteiger partial charge in [0.15, 0.2) is 0 Å². The number of aliphatic carboxylic acids is 2. The Balaban J connectivity index is -0.00000364. The Morgan fingerprint density at radius 1 is 0.667 bits per heavy atom. The minimum absolute atomic E-state index is 0. The molecule has 0 aromatic heterocycles. The van der Waals surface area contributed by atoms with E-state index >= 15 is 0 Å². The van der Waals surface area contributed by atoms with Crippen molar-refractivity contribution in [2.75, 3.05) is 0 Å². The van der Waals surface area contributed by atoms with Crippen LogP contribution in [-0.2, 0) is 9.59 Å². The Morgan fingerprint density at radius 3 is 1.37 bits per heavy atom. The molecule has 164 valence electrons. The maximum absolute atomic E-state index is 10.8. The Labute approximate surface area is 270 Å². The van der Waals surface area contributed by atoms with Gasteiger partial charge in [-0.25, -0.2) is 0 Å². The molecule has 0 radical (unpaired) electrons. The van der Waals surface area contributed by atoms with Gasteiger partial charge >= 0.3 is 103 Å². The van der Waals surface area contributed by atoms with Crippen molar-refractivity contribution in [2.45, 2.75) is 122 Å². The van der Waals surface area contributed by atoms with Crippen LogP contribution in [0.4, 0.5) is 0 Å². The van der Waals surface area contributed by atoms with Gasteiger partial charge in [0.25, 0.3) is 0 Å². The first-order chi connectivity index (χ1) is 13.6. The SMILES string of the molecule is C/C=C/CCCCCCCCCCCCCCCCCC(CC(=O)[O-])C(=O)[O-].[K+].[K+]. The van der Waals surface area contributed by atoms with Crippen molar-refractivity contribution in [1.82, 2.24) is 0 Å². The first-order valence-corrected chi connectivity index (χ1v) is 11.6. The third-order valence-electron chi connectivity index (χ3n) is 5.41. The van der Waals surface area contributed by atoms with E-state index in [0.717, 1.165) is 19.3 Å². The molecular weight excluding hydrogens is 430 g/mol. The summed E-state index contributed by atoms with van der Waals surface area (Å²) in [6.45, 7) is 2.09. The molecule has 0 spiro atoms. The normalized spacial score (nSPS) is 11.6. The molecular formula is C24H42K2O4. The number of carboxylic acid groups (broad SMARTS) is 2. The van der Waals surface area contributed by atoms with E-state index in [4.69, 9.17) is 0 Å². The van der Waals surface area contributed by atoms with E-state index in [1.54, 1.807) is 0 Å². The number of carbonyl (C=O) groups excluding carboxylic acids is 2. The van der Waals surface area contributed by atoms with Gasteiger partial charge in [0.05, 0.1) is 0 Å². The molecule has 0 bridgehead atoms. The summed E-state index contributed by atoms with van der Waals surface area (Å²) in [4.78, 5) is 21.3. The van der Waals surface area contributed by atoms with Crippen molar-refractivity contribution >= 4 is 11.9 Å². The molecule has 1 atom stereocenters. The number of allylic oxidation sites excluding steroid dienone is 2. The molecule has 0 rings (SSSR count). The number of hydrogen-bond donors (Lipinski definition) is 0. The van der Waals surface area contributed by atoms with Crippen LogP contribution in [0.1, 0.15) is 122 Å². The van der Waals surface area contributed by atoms with Crippen LogP contribution in [-0.4, -0.2) is 11.9 Å². The average Bonchev–Trinajstić information content (AvgIpc) is 2.65. The van der Waals surface area contributed by atoms with Gasteiger partial charge in [-0.05, 0) is 32.6 Å². The second kappa shape index (κ2) is 29.0. The van der Waals surface area contributed by atoms with E-state index in [-0.39, 0.29) is 103 Å².